The summed E-state index contributed by atoms with van der Waals surface area (Å²) in [6, 6.07) is 12.1. The third kappa shape index (κ3) is 18.2. The molecule has 0 aliphatic carbocycles. The molecule has 35 heavy (non-hydrogen) atoms. The lowest BCUT2D eigenvalue weighted by molar-refractivity contribution is -0.697. The molecule has 0 unspecified atom stereocenters. The Labute approximate surface area is 215 Å². The summed E-state index contributed by atoms with van der Waals surface area (Å²) in [6.45, 7) is 5.30. The van der Waals surface area contributed by atoms with Crippen molar-refractivity contribution in [1.82, 2.24) is 0 Å². The van der Waals surface area contributed by atoms with Gasteiger partial charge in [0.1, 0.15) is 16.7 Å². The lowest BCUT2D eigenvalue weighted by Gasteiger charge is -2.05. The quantitative estimate of drug-likeness (QED) is 0.117. The lowest BCUT2D eigenvalue weighted by Crippen LogP contribution is -2.32. The van der Waals surface area contributed by atoms with Crippen molar-refractivity contribution in [2.24, 2.45) is 0 Å². The Morgan fingerprint density at radius 2 is 1.03 bits per heavy atom. The van der Waals surface area contributed by atoms with Crippen molar-refractivity contribution in [2.75, 3.05) is 0 Å². The number of unbranched alkanes of at least 4 members (excludes halogenated alkanes) is 15. The number of aromatic nitrogens is 1. The summed E-state index contributed by atoms with van der Waals surface area (Å²) in [7, 11) is -4.27. The molecule has 0 aliphatic heterocycles. The molecule has 0 saturated carbocycles. The Morgan fingerprint density at radius 3 is 1.43 bits per heavy atom. The predicted octanol–water partition coefficient (Wildman–Crippen LogP) is 8.13. The molecular weight excluding hydrogens is 454 g/mol. The van der Waals surface area contributed by atoms with E-state index in [9.17, 15) is 13.0 Å². The molecule has 1 aromatic heterocycles. The SMILES string of the molecule is CCCCCCCCCCCCCCCCCC[n+]1ccccc1.Cc1ccc(S(=O)(=O)[O-])cc1. The van der Waals surface area contributed by atoms with Gasteiger partial charge in [-0.05, 0) is 25.5 Å². The largest absolute Gasteiger partial charge is 0.744 e. The molecule has 0 radical (unpaired) electrons. The summed E-state index contributed by atoms with van der Waals surface area (Å²) in [5.74, 6) is 0. The maximum atomic E-state index is 10.4. The van der Waals surface area contributed by atoms with Crippen LogP contribution in [-0.4, -0.2) is 13.0 Å². The highest BCUT2D eigenvalue weighted by atomic mass is 32.2. The van der Waals surface area contributed by atoms with Gasteiger partial charge >= 0.3 is 0 Å². The standard InChI is InChI=1S/C23H42N.C7H8O3S/c1-2-3-4-5-6-7-8-9-10-11-12-13-14-15-16-18-21-24-22-19-17-20-23-24;1-6-2-4-7(5-3-6)11(8,9)10/h17,19-20,22-23H,2-16,18,21H2,1H3;2-5H,1H3,(H,8,9,10)/q+1;/p-1. The van der Waals surface area contributed by atoms with Crippen LogP contribution in [-0.2, 0) is 16.7 Å². The van der Waals surface area contributed by atoms with Gasteiger partial charge in [-0.2, -0.15) is 0 Å². The van der Waals surface area contributed by atoms with Gasteiger partial charge in [0, 0.05) is 18.6 Å². The summed E-state index contributed by atoms with van der Waals surface area (Å²) in [5.41, 5.74) is 0.928. The van der Waals surface area contributed by atoms with Gasteiger partial charge in [0.2, 0.25) is 0 Å². The number of nitrogens with zero attached hydrogens (tertiary/aromatic N) is 1. The Morgan fingerprint density at radius 1 is 0.629 bits per heavy atom. The number of aryl methyl sites for hydroxylation is 2. The second-order valence-electron chi connectivity index (χ2n) is 9.68. The molecule has 0 spiro atoms. The molecule has 4 nitrogen and oxygen atoms in total. The van der Waals surface area contributed by atoms with Crippen LogP contribution < -0.4 is 4.57 Å². The first-order chi connectivity index (χ1) is 16.9. The van der Waals surface area contributed by atoms with Gasteiger partial charge < -0.3 is 4.55 Å². The number of pyridine rings is 1. The topological polar surface area (TPSA) is 61.1 Å². The van der Waals surface area contributed by atoms with Crippen LogP contribution in [0, 0.1) is 6.92 Å². The van der Waals surface area contributed by atoms with Crippen molar-refractivity contribution in [2.45, 2.75) is 128 Å². The average molecular weight is 504 g/mol. The molecule has 1 heterocycles. The smallest absolute Gasteiger partial charge is 0.168 e. The Balaban J connectivity index is 0.000000462. The van der Waals surface area contributed by atoms with E-state index in [0.29, 0.717) is 0 Å². The zero-order valence-corrected chi connectivity index (χ0v) is 23.1. The van der Waals surface area contributed by atoms with Gasteiger partial charge in [-0.15, -0.1) is 0 Å². The van der Waals surface area contributed by atoms with Crippen molar-refractivity contribution in [3.8, 4) is 0 Å². The summed E-state index contributed by atoms with van der Waals surface area (Å²) in [5, 5.41) is 0. The fourth-order valence-corrected chi connectivity index (χ4v) is 4.60. The monoisotopic (exact) mass is 503 g/mol. The molecular formula is C30H49NO3S. The molecule has 0 atom stereocenters. The van der Waals surface area contributed by atoms with E-state index in [1.54, 1.807) is 12.1 Å². The Bertz CT molecular complexity index is 836. The minimum atomic E-state index is -4.27. The predicted molar refractivity (Wildman–Crippen MR) is 145 cm³/mol. The van der Waals surface area contributed by atoms with E-state index >= 15 is 0 Å². The Hall–Kier alpha value is -1.72. The first kappa shape index (κ1) is 31.3. The highest BCUT2D eigenvalue weighted by Gasteiger charge is 1.99. The summed E-state index contributed by atoms with van der Waals surface area (Å²) in [6.07, 6.45) is 27.4. The highest BCUT2D eigenvalue weighted by molar-refractivity contribution is 7.85. The first-order valence-corrected chi connectivity index (χ1v) is 15.3. The zero-order chi connectivity index (χ0) is 25.6. The van der Waals surface area contributed by atoms with Crippen molar-refractivity contribution >= 4 is 10.1 Å². The summed E-state index contributed by atoms with van der Waals surface area (Å²) in [4.78, 5) is -0.178. The second kappa shape index (κ2) is 20.5. The number of hydrogen-bond acceptors (Lipinski definition) is 3. The van der Waals surface area contributed by atoms with Gasteiger partial charge in [0.15, 0.2) is 12.4 Å². The molecule has 0 aliphatic rings. The van der Waals surface area contributed by atoms with Gasteiger partial charge in [-0.1, -0.05) is 121 Å². The normalized spacial score (nSPS) is 11.2. The van der Waals surface area contributed by atoms with Crippen molar-refractivity contribution in [3.05, 3.63) is 60.4 Å². The van der Waals surface area contributed by atoms with Crippen molar-refractivity contribution < 1.29 is 17.5 Å². The van der Waals surface area contributed by atoms with E-state index in [1.165, 1.54) is 121 Å². The molecule has 198 valence electrons. The zero-order valence-electron chi connectivity index (χ0n) is 22.3. The third-order valence-electron chi connectivity index (χ3n) is 6.36. The summed E-state index contributed by atoms with van der Waals surface area (Å²) >= 11 is 0. The summed E-state index contributed by atoms with van der Waals surface area (Å²) < 4.78 is 33.5. The molecule has 5 heteroatoms. The first-order valence-electron chi connectivity index (χ1n) is 13.9. The number of hydrogen-bond donors (Lipinski definition) is 0. The van der Waals surface area contributed by atoms with E-state index in [4.69, 9.17) is 0 Å². The van der Waals surface area contributed by atoms with E-state index in [-0.39, 0.29) is 4.90 Å². The molecule has 0 amide bonds. The van der Waals surface area contributed by atoms with Crippen LogP contribution in [0.15, 0.2) is 59.8 Å². The lowest BCUT2D eigenvalue weighted by atomic mass is 10.0. The van der Waals surface area contributed by atoms with Crippen LogP contribution in [0.25, 0.3) is 0 Å². The molecule has 0 fully saturated rings. The fraction of sp³-hybridized carbons (Fsp3) is 0.633. The van der Waals surface area contributed by atoms with Crippen LogP contribution in [0.1, 0.15) is 115 Å². The molecule has 2 aromatic rings. The second-order valence-corrected chi connectivity index (χ2v) is 11.1. The van der Waals surface area contributed by atoms with Crippen molar-refractivity contribution in [3.63, 3.8) is 0 Å². The van der Waals surface area contributed by atoms with Gasteiger partial charge in [-0.25, -0.2) is 13.0 Å². The Kier molecular flexibility index (Phi) is 18.3. The molecule has 1 aromatic carbocycles. The van der Waals surface area contributed by atoms with E-state index in [0.717, 1.165) is 5.56 Å². The fourth-order valence-electron chi connectivity index (χ4n) is 4.13. The average Bonchev–Trinajstić information content (AvgIpc) is 2.84. The number of rotatable bonds is 18. The minimum Gasteiger partial charge on any atom is -0.744 e. The van der Waals surface area contributed by atoms with Gasteiger partial charge in [0.05, 0.1) is 4.90 Å². The van der Waals surface area contributed by atoms with E-state index in [1.807, 2.05) is 6.92 Å². The maximum Gasteiger partial charge on any atom is 0.168 e. The van der Waals surface area contributed by atoms with Crippen LogP contribution in [0.4, 0.5) is 0 Å². The number of benzene rings is 1. The van der Waals surface area contributed by atoms with E-state index < -0.39 is 10.1 Å². The van der Waals surface area contributed by atoms with Gasteiger partial charge in [-0.3, -0.25) is 0 Å². The van der Waals surface area contributed by atoms with Crippen LogP contribution in [0.3, 0.4) is 0 Å². The van der Waals surface area contributed by atoms with Crippen LogP contribution in [0.2, 0.25) is 0 Å². The molecule has 0 saturated heterocycles. The molecule has 0 N–H and O–H groups in total. The highest BCUT2D eigenvalue weighted by Crippen LogP contribution is 2.13. The maximum absolute atomic E-state index is 10.4. The van der Waals surface area contributed by atoms with Crippen molar-refractivity contribution in [1.29, 1.82) is 0 Å². The van der Waals surface area contributed by atoms with Crippen LogP contribution >= 0.6 is 0 Å². The molecule has 0 bridgehead atoms. The van der Waals surface area contributed by atoms with Crippen LogP contribution in [0.5, 0.6) is 0 Å². The molecule has 2 rings (SSSR count). The van der Waals surface area contributed by atoms with E-state index in [2.05, 4.69) is 42.1 Å². The third-order valence-corrected chi connectivity index (χ3v) is 7.21. The van der Waals surface area contributed by atoms with Gasteiger partial charge in [0.25, 0.3) is 0 Å². The minimum absolute atomic E-state index is 0.178.